The molecule has 0 unspecified atom stereocenters. The summed E-state index contributed by atoms with van der Waals surface area (Å²) in [6, 6.07) is 5.65. The molecular formula is C20H23Cl2FN4O4. The van der Waals surface area contributed by atoms with Gasteiger partial charge in [0.2, 0.25) is 0 Å². The minimum Gasteiger partial charge on any atom is -0.506 e. The Bertz CT molecular complexity index is 1030. The molecule has 3 N–H and O–H groups in total. The monoisotopic (exact) mass is 472 g/mol. The van der Waals surface area contributed by atoms with Crippen molar-refractivity contribution in [3.05, 3.63) is 41.4 Å². The van der Waals surface area contributed by atoms with E-state index in [4.69, 9.17) is 25.8 Å². The minimum absolute atomic E-state index is 0. The SMILES string of the molecule is COCCNCCOc1cc2ncnc(Nc3cc(O)c(Cl)cc3F)c2cc1OC.Cl. The van der Waals surface area contributed by atoms with Crippen molar-refractivity contribution in [3.8, 4) is 17.2 Å². The fourth-order valence-electron chi connectivity index (χ4n) is 2.73. The zero-order chi connectivity index (χ0) is 21.5. The fraction of sp³-hybridized carbons (Fsp3) is 0.300. The van der Waals surface area contributed by atoms with Crippen LogP contribution in [0.1, 0.15) is 0 Å². The van der Waals surface area contributed by atoms with E-state index in [9.17, 15) is 9.50 Å². The molecule has 3 aromatic rings. The molecule has 0 spiro atoms. The Morgan fingerprint density at radius 3 is 2.58 bits per heavy atom. The third-order valence-electron chi connectivity index (χ3n) is 4.23. The molecular weight excluding hydrogens is 450 g/mol. The number of phenols is 1. The molecule has 0 fully saturated rings. The highest BCUT2D eigenvalue weighted by molar-refractivity contribution is 6.32. The topological polar surface area (TPSA) is 97.8 Å². The maximum absolute atomic E-state index is 14.2. The van der Waals surface area contributed by atoms with Crippen LogP contribution in [0.3, 0.4) is 0 Å². The number of ether oxygens (including phenoxy) is 3. The normalized spacial score (nSPS) is 10.6. The number of phenolic OH excluding ortho intramolecular Hbond substituents is 1. The second kappa shape index (κ2) is 11.7. The Morgan fingerprint density at radius 1 is 1.06 bits per heavy atom. The van der Waals surface area contributed by atoms with Crippen molar-refractivity contribution in [1.29, 1.82) is 0 Å². The van der Waals surface area contributed by atoms with Crippen molar-refractivity contribution in [2.75, 3.05) is 45.8 Å². The van der Waals surface area contributed by atoms with Crippen molar-refractivity contribution in [2.45, 2.75) is 0 Å². The van der Waals surface area contributed by atoms with Gasteiger partial charge in [-0.3, -0.25) is 0 Å². The Balaban J connectivity index is 0.00000341. The molecule has 0 aliphatic carbocycles. The van der Waals surface area contributed by atoms with Crippen molar-refractivity contribution >= 4 is 46.4 Å². The predicted molar refractivity (Wildman–Crippen MR) is 120 cm³/mol. The van der Waals surface area contributed by atoms with Crippen molar-refractivity contribution in [2.24, 2.45) is 0 Å². The van der Waals surface area contributed by atoms with Crippen LogP contribution in [0, 0.1) is 5.82 Å². The number of nitrogens with zero attached hydrogens (tertiary/aromatic N) is 2. The van der Waals surface area contributed by atoms with Gasteiger partial charge >= 0.3 is 0 Å². The van der Waals surface area contributed by atoms with Gasteiger partial charge in [-0.05, 0) is 12.1 Å². The maximum atomic E-state index is 14.2. The molecule has 8 nitrogen and oxygen atoms in total. The number of rotatable bonds is 10. The Kier molecular flexibility index (Phi) is 9.32. The Labute approximate surface area is 190 Å². The van der Waals surface area contributed by atoms with Crippen molar-refractivity contribution in [3.63, 3.8) is 0 Å². The first-order valence-corrected chi connectivity index (χ1v) is 9.51. The molecule has 0 amide bonds. The fourth-order valence-corrected chi connectivity index (χ4v) is 2.88. The van der Waals surface area contributed by atoms with Gasteiger partial charge in [-0.25, -0.2) is 14.4 Å². The third-order valence-corrected chi connectivity index (χ3v) is 4.53. The summed E-state index contributed by atoms with van der Waals surface area (Å²) < 4.78 is 30.4. The standard InChI is InChI=1S/C20H22ClFN4O4.ClH/c1-28-5-3-23-4-6-30-19-10-15-12(7-18(19)29-2)20(25-11-24-15)26-16-9-17(27)13(21)8-14(16)22;/h7-11,23,27H,3-6H2,1-2H3,(H,24,25,26);1H. The molecule has 1 aromatic heterocycles. The van der Waals surface area contributed by atoms with E-state index in [-0.39, 0.29) is 28.9 Å². The van der Waals surface area contributed by atoms with Crippen LogP contribution >= 0.6 is 24.0 Å². The number of halogens is 3. The molecule has 0 bridgehead atoms. The van der Waals surface area contributed by atoms with E-state index in [1.54, 1.807) is 19.2 Å². The van der Waals surface area contributed by atoms with Crippen LogP contribution in [0.5, 0.6) is 17.2 Å². The Hall–Kier alpha value is -2.59. The number of fused-ring (bicyclic) bond motifs is 1. The summed E-state index contributed by atoms with van der Waals surface area (Å²) in [6.07, 6.45) is 1.35. The van der Waals surface area contributed by atoms with Crippen LogP contribution in [-0.4, -0.2) is 55.6 Å². The summed E-state index contributed by atoms with van der Waals surface area (Å²) in [5.41, 5.74) is 0.604. The molecule has 1 heterocycles. The molecule has 0 aliphatic heterocycles. The van der Waals surface area contributed by atoms with Crippen molar-refractivity contribution in [1.82, 2.24) is 15.3 Å². The zero-order valence-electron chi connectivity index (χ0n) is 16.9. The highest BCUT2D eigenvalue weighted by Gasteiger charge is 2.14. The largest absolute Gasteiger partial charge is 0.506 e. The van der Waals surface area contributed by atoms with Crippen LogP contribution in [0.15, 0.2) is 30.6 Å². The van der Waals surface area contributed by atoms with Crippen molar-refractivity contribution < 1.29 is 23.7 Å². The number of nitrogens with one attached hydrogen (secondary N) is 2. The second-order valence-corrected chi connectivity index (χ2v) is 6.65. The highest BCUT2D eigenvalue weighted by Crippen LogP contribution is 2.36. The van der Waals surface area contributed by atoms with Gasteiger partial charge in [-0.15, -0.1) is 12.4 Å². The van der Waals surface area contributed by atoms with Gasteiger partial charge in [0.05, 0.1) is 29.9 Å². The average Bonchev–Trinajstić information content (AvgIpc) is 2.74. The smallest absolute Gasteiger partial charge is 0.163 e. The summed E-state index contributed by atoms with van der Waals surface area (Å²) >= 11 is 5.73. The summed E-state index contributed by atoms with van der Waals surface area (Å²) in [5, 5.41) is 16.3. The summed E-state index contributed by atoms with van der Waals surface area (Å²) in [5.74, 6) is 0.477. The number of aromatic hydroxyl groups is 1. The van der Waals surface area contributed by atoms with Gasteiger partial charge in [-0.2, -0.15) is 0 Å². The number of hydrogen-bond acceptors (Lipinski definition) is 8. The third kappa shape index (κ3) is 6.20. The zero-order valence-corrected chi connectivity index (χ0v) is 18.5. The van der Waals surface area contributed by atoms with Gasteiger partial charge in [-0.1, -0.05) is 11.6 Å². The van der Waals surface area contributed by atoms with Crippen LogP contribution in [0.2, 0.25) is 5.02 Å². The predicted octanol–water partition coefficient (Wildman–Crippen LogP) is 3.92. The van der Waals surface area contributed by atoms with Gasteiger partial charge in [0, 0.05) is 37.7 Å². The van der Waals surface area contributed by atoms with Crippen LogP contribution in [-0.2, 0) is 4.74 Å². The van der Waals surface area contributed by atoms with E-state index in [0.29, 0.717) is 48.0 Å². The van der Waals surface area contributed by atoms with E-state index in [1.807, 2.05) is 0 Å². The lowest BCUT2D eigenvalue weighted by Gasteiger charge is -2.14. The highest BCUT2D eigenvalue weighted by atomic mass is 35.5. The second-order valence-electron chi connectivity index (χ2n) is 6.24. The first kappa shape index (κ1) is 24.7. The van der Waals surface area contributed by atoms with Crippen LogP contribution in [0.25, 0.3) is 10.9 Å². The average molecular weight is 473 g/mol. The maximum Gasteiger partial charge on any atom is 0.163 e. The number of aromatic nitrogens is 2. The quantitative estimate of drug-likeness (QED) is 0.382. The summed E-state index contributed by atoms with van der Waals surface area (Å²) in [4.78, 5) is 8.44. The number of benzene rings is 2. The lowest BCUT2D eigenvalue weighted by atomic mass is 10.2. The molecule has 2 aromatic carbocycles. The number of hydrogen-bond donors (Lipinski definition) is 3. The first-order chi connectivity index (χ1) is 14.5. The molecule has 0 aliphatic rings. The molecule has 0 atom stereocenters. The molecule has 31 heavy (non-hydrogen) atoms. The van der Waals surface area contributed by atoms with Gasteiger partial charge in [0.1, 0.15) is 30.3 Å². The molecule has 3 rings (SSSR count). The first-order valence-electron chi connectivity index (χ1n) is 9.13. The number of anilines is 2. The molecule has 168 valence electrons. The summed E-state index contributed by atoms with van der Waals surface area (Å²) in [6.45, 7) is 2.42. The summed E-state index contributed by atoms with van der Waals surface area (Å²) in [7, 11) is 3.17. The van der Waals surface area contributed by atoms with E-state index in [2.05, 4.69) is 20.6 Å². The van der Waals surface area contributed by atoms with E-state index in [0.717, 1.165) is 12.6 Å². The van der Waals surface area contributed by atoms with Gasteiger partial charge in [0.25, 0.3) is 0 Å². The minimum atomic E-state index is -0.627. The van der Waals surface area contributed by atoms with Crippen LogP contribution in [0.4, 0.5) is 15.9 Å². The van der Waals surface area contributed by atoms with Gasteiger partial charge in [0.15, 0.2) is 11.5 Å². The lowest BCUT2D eigenvalue weighted by molar-refractivity contribution is 0.196. The van der Waals surface area contributed by atoms with Gasteiger partial charge < -0.3 is 30.0 Å². The number of methoxy groups -OCH3 is 2. The van der Waals surface area contributed by atoms with E-state index in [1.165, 1.54) is 19.5 Å². The van der Waals surface area contributed by atoms with Crippen LogP contribution < -0.4 is 20.1 Å². The molecule has 0 radical (unpaired) electrons. The molecule has 0 saturated carbocycles. The molecule has 0 saturated heterocycles. The Morgan fingerprint density at radius 2 is 1.84 bits per heavy atom. The lowest BCUT2D eigenvalue weighted by Crippen LogP contribution is -2.24. The van der Waals surface area contributed by atoms with E-state index >= 15 is 0 Å². The molecule has 11 heteroatoms. The van der Waals surface area contributed by atoms with E-state index < -0.39 is 5.82 Å².